The molecule has 102 valence electrons. The van der Waals surface area contributed by atoms with Gasteiger partial charge >= 0.3 is 0 Å². The summed E-state index contributed by atoms with van der Waals surface area (Å²) in [4.78, 5) is 6.00. The van der Waals surface area contributed by atoms with E-state index in [0.29, 0.717) is 23.9 Å². The molecule has 0 bridgehead atoms. The SMILES string of the molecule is CNCc1cc(N(C)CCS(C)(=O)=O)ncc1Cl. The molecule has 0 fully saturated rings. The summed E-state index contributed by atoms with van der Waals surface area (Å²) in [5.74, 6) is 0.822. The van der Waals surface area contributed by atoms with Gasteiger partial charge in [0.05, 0.1) is 10.8 Å². The quantitative estimate of drug-likeness (QED) is 0.845. The van der Waals surface area contributed by atoms with E-state index < -0.39 is 9.84 Å². The lowest BCUT2D eigenvalue weighted by Crippen LogP contribution is -2.25. The minimum atomic E-state index is -2.96. The van der Waals surface area contributed by atoms with E-state index in [9.17, 15) is 8.42 Å². The zero-order valence-corrected chi connectivity index (χ0v) is 12.3. The molecule has 0 aliphatic rings. The van der Waals surface area contributed by atoms with E-state index in [1.165, 1.54) is 6.26 Å². The predicted octanol–water partition coefficient (Wildman–Crippen LogP) is 0.935. The molecule has 0 aliphatic heterocycles. The van der Waals surface area contributed by atoms with Crippen LogP contribution in [-0.4, -0.2) is 46.1 Å². The molecule has 0 radical (unpaired) electrons. The molecule has 1 rings (SSSR count). The standard InChI is InChI=1S/C11H18ClN3O2S/c1-13-7-9-6-11(14-8-10(9)12)15(2)4-5-18(3,16)17/h6,8,13H,4-5,7H2,1-3H3. The van der Waals surface area contributed by atoms with Crippen LogP contribution >= 0.6 is 11.6 Å². The van der Waals surface area contributed by atoms with Crippen LogP contribution in [0.15, 0.2) is 12.3 Å². The van der Waals surface area contributed by atoms with Crippen LogP contribution in [-0.2, 0) is 16.4 Å². The molecule has 18 heavy (non-hydrogen) atoms. The van der Waals surface area contributed by atoms with E-state index >= 15 is 0 Å². The maximum absolute atomic E-state index is 11.1. The maximum atomic E-state index is 11.1. The third-order valence-electron chi connectivity index (χ3n) is 2.48. The summed E-state index contributed by atoms with van der Waals surface area (Å²) < 4.78 is 22.2. The van der Waals surface area contributed by atoms with Gasteiger partial charge in [-0.1, -0.05) is 11.6 Å². The number of rotatable bonds is 6. The molecule has 5 nitrogen and oxygen atoms in total. The molecular formula is C11H18ClN3O2S. The van der Waals surface area contributed by atoms with Gasteiger partial charge in [0.15, 0.2) is 0 Å². The van der Waals surface area contributed by atoms with Gasteiger partial charge in [-0.05, 0) is 18.7 Å². The Labute approximate surface area is 113 Å². The van der Waals surface area contributed by atoms with Crippen LogP contribution < -0.4 is 10.2 Å². The lowest BCUT2D eigenvalue weighted by molar-refractivity contribution is 0.601. The van der Waals surface area contributed by atoms with E-state index in [4.69, 9.17) is 11.6 Å². The van der Waals surface area contributed by atoms with Crippen molar-refractivity contribution in [2.45, 2.75) is 6.54 Å². The molecule has 0 saturated heterocycles. The minimum absolute atomic E-state index is 0.106. The van der Waals surface area contributed by atoms with Crippen molar-refractivity contribution in [3.05, 3.63) is 22.8 Å². The fourth-order valence-electron chi connectivity index (χ4n) is 1.42. The number of sulfone groups is 1. The van der Waals surface area contributed by atoms with Crippen LogP contribution in [0, 0.1) is 0 Å². The third kappa shape index (κ3) is 4.80. The lowest BCUT2D eigenvalue weighted by Gasteiger charge is -2.18. The van der Waals surface area contributed by atoms with Crippen LogP contribution in [0.25, 0.3) is 0 Å². The van der Waals surface area contributed by atoms with Crippen LogP contribution in [0.5, 0.6) is 0 Å². The molecule has 0 spiro atoms. The van der Waals surface area contributed by atoms with Crippen molar-refractivity contribution < 1.29 is 8.42 Å². The number of nitrogens with zero attached hydrogens (tertiary/aromatic N) is 2. The highest BCUT2D eigenvalue weighted by atomic mass is 35.5. The molecule has 1 N–H and O–H groups in total. The van der Waals surface area contributed by atoms with Gasteiger partial charge in [-0.15, -0.1) is 0 Å². The van der Waals surface area contributed by atoms with E-state index in [1.807, 2.05) is 20.2 Å². The average Bonchev–Trinajstić information content (AvgIpc) is 2.28. The number of aromatic nitrogens is 1. The number of anilines is 1. The topological polar surface area (TPSA) is 62.3 Å². The van der Waals surface area contributed by atoms with Gasteiger partial charge in [-0.2, -0.15) is 0 Å². The number of nitrogens with one attached hydrogen (secondary N) is 1. The molecule has 0 saturated carbocycles. The Kier molecular flexibility index (Phi) is 5.37. The first-order valence-corrected chi connectivity index (χ1v) is 7.95. The minimum Gasteiger partial charge on any atom is -0.359 e. The van der Waals surface area contributed by atoms with Crippen molar-refractivity contribution >= 4 is 27.3 Å². The summed E-state index contributed by atoms with van der Waals surface area (Å²) in [7, 11) is 0.684. The summed E-state index contributed by atoms with van der Waals surface area (Å²) in [5, 5.41) is 3.62. The van der Waals surface area contributed by atoms with Crippen molar-refractivity contribution in [1.29, 1.82) is 0 Å². The van der Waals surface area contributed by atoms with E-state index in [0.717, 1.165) is 5.56 Å². The number of halogens is 1. The van der Waals surface area contributed by atoms with E-state index in [2.05, 4.69) is 10.3 Å². The second-order valence-electron chi connectivity index (χ2n) is 4.22. The van der Waals surface area contributed by atoms with Crippen LogP contribution in [0.1, 0.15) is 5.56 Å². The largest absolute Gasteiger partial charge is 0.359 e. The molecule has 0 aliphatic carbocycles. The molecule has 0 unspecified atom stereocenters. The van der Waals surface area contributed by atoms with Crippen LogP contribution in [0.2, 0.25) is 5.02 Å². The van der Waals surface area contributed by atoms with Crippen molar-refractivity contribution in [1.82, 2.24) is 10.3 Å². The number of hydrogen-bond acceptors (Lipinski definition) is 5. The van der Waals surface area contributed by atoms with E-state index in [1.54, 1.807) is 11.1 Å². The first-order valence-electron chi connectivity index (χ1n) is 5.51. The summed E-state index contributed by atoms with van der Waals surface area (Å²) >= 11 is 6.01. The van der Waals surface area contributed by atoms with Crippen LogP contribution in [0.4, 0.5) is 5.82 Å². The zero-order valence-electron chi connectivity index (χ0n) is 10.8. The Morgan fingerprint density at radius 1 is 1.50 bits per heavy atom. The van der Waals surface area contributed by atoms with Crippen molar-refractivity contribution in [2.75, 3.05) is 37.5 Å². The summed E-state index contributed by atoms with van der Waals surface area (Å²) in [6, 6.07) is 1.86. The Morgan fingerprint density at radius 3 is 2.72 bits per heavy atom. The van der Waals surface area contributed by atoms with Crippen molar-refractivity contribution in [2.24, 2.45) is 0 Å². The Hall–Kier alpha value is -0.850. The molecular weight excluding hydrogens is 274 g/mol. The fraction of sp³-hybridized carbons (Fsp3) is 0.545. The second-order valence-corrected chi connectivity index (χ2v) is 6.88. The Morgan fingerprint density at radius 2 is 2.17 bits per heavy atom. The van der Waals surface area contributed by atoms with Crippen molar-refractivity contribution in [3.63, 3.8) is 0 Å². The maximum Gasteiger partial charge on any atom is 0.149 e. The molecule has 0 amide bonds. The zero-order chi connectivity index (χ0) is 13.8. The monoisotopic (exact) mass is 291 g/mol. The lowest BCUT2D eigenvalue weighted by atomic mass is 10.2. The molecule has 1 aromatic heterocycles. The smallest absolute Gasteiger partial charge is 0.149 e. The number of hydrogen-bond donors (Lipinski definition) is 1. The highest BCUT2D eigenvalue weighted by molar-refractivity contribution is 7.90. The summed E-state index contributed by atoms with van der Waals surface area (Å²) in [6.45, 7) is 1.06. The van der Waals surface area contributed by atoms with Crippen LogP contribution in [0.3, 0.4) is 0 Å². The Bertz CT molecular complexity index is 505. The van der Waals surface area contributed by atoms with E-state index in [-0.39, 0.29) is 5.75 Å². The molecule has 1 aromatic rings. The first kappa shape index (κ1) is 15.2. The number of pyridine rings is 1. The first-order chi connectivity index (χ1) is 8.33. The summed E-state index contributed by atoms with van der Waals surface area (Å²) in [6.07, 6.45) is 2.81. The molecule has 1 heterocycles. The fourth-order valence-corrected chi connectivity index (χ4v) is 2.20. The van der Waals surface area contributed by atoms with Gasteiger partial charge in [0.1, 0.15) is 15.7 Å². The predicted molar refractivity (Wildman–Crippen MR) is 75.0 cm³/mol. The van der Waals surface area contributed by atoms with Gasteiger partial charge in [-0.3, -0.25) is 0 Å². The molecule has 7 heteroatoms. The highest BCUT2D eigenvalue weighted by Crippen LogP contribution is 2.19. The van der Waals surface area contributed by atoms with Gasteiger partial charge < -0.3 is 10.2 Å². The van der Waals surface area contributed by atoms with Gasteiger partial charge in [-0.25, -0.2) is 13.4 Å². The highest BCUT2D eigenvalue weighted by Gasteiger charge is 2.09. The van der Waals surface area contributed by atoms with Gasteiger partial charge in [0.25, 0.3) is 0 Å². The second kappa shape index (κ2) is 6.36. The summed E-state index contributed by atoms with van der Waals surface area (Å²) in [5.41, 5.74) is 0.940. The van der Waals surface area contributed by atoms with Gasteiger partial charge in [0.2, 0.25) is 0 Å². The average molecular weight is 292 g/mol. The normalized spacial score (nSPS) is 11.6. The molecule has 0 atom stereocenters. The Balaban J connectivity index is 2.79. The third-order valence-corrected chi connectivity index (χ3v) is 3.74. The van der Waals surface area contributed by atoms with Crippen molar-refractivity contribution in [3.8, 4) is 0 Å². The van der Waals surface area contributed by atoms with Gasteiger partial charge in [0, 0.05) is 32.6 Å². The molecule has 0 aromatic carbocycles.